The van der Waals surface area contributed by atoms with E-state index in [4.69, 9.17) is 23.2 Å². The molecular formula is C21H12Cl2F2N2. The standard InChI is InChI=1S/C21H12Cl2F2N2/c22-15-5-10-18(23)21(11-15)27-20(14-3-8-17(25)9-4-14)12-19(26-27)13-1-6-16(24)7-2-13/h1-12H. The van der Waals surface area contributed by atoms with Crippen molar-refractivity contribution in [3.63, 3.8) is 0 Å². The molecule has 1 heterocycles. The van der Waals surface area contributed by atoms with Crippen molar-refractivity contribution >= 4 is 23.2 Å². The summed E-state index contributed by atoms with van der Waals surface area (Å²) in [4.78, 5) is 0. The maximum absolute atomic E-state index is 13.4. The summed E-state index contributed by atoms with van der Waals surface area (Å²) in [6.07, 6.45) is 0. The molecule has 1 aromatic heterocycles. The molecule has 4 rings (SSSR count). The van der Waals surface area contributed by atoms with Gasteiger partial charge in [-0.05, 0) is 72.8 Å². The Morgan fingerprint density at radius 3 is 1.93 bits per heavy atom. The fourth-order valence-electron chi connectivity index (χ4n) is 2.80. The summed E-state index contributed by atoms with van der Waals surface area (Å²) < 4.78 is 28.3. The molecule has 0 unspecified atom stereocenters. The summed E-state index contributed by atoms with van der Waals surface area (Å²) in [5.74, 6) is -0.654. The summed E-state index contributed by atoms with van der Waals surface area (Å²) in [7, 11) is 0. The summed E-state index contributed by atoms with van der Waals surface area (Å²) in [5, 5.41) is 5.62. The van der Waals surface area contributed by atoms with Crippen LogP contribution in [0.2, 0.25) is 10.0 Å². The molecular weight excluding hydrogens is 389 g/mol. The third-order valence-electron chi connectivity index (χ3n) is 4.13. The Kier molecular flexibility index (Phi) is 4.68. The molecule has 0 aliphatic carbocycles. The summed E-state index contributed by atoms with van der Waals surface area (Å²) >= 11 is 12.5. The number of aromatic nitrogens is 2. The van der Waals surface area contributed by atoms with Crippen molar-refractivity contribution in [1.82, 2.24) is 9.78 Å². The smallest absolute Gasteiger partial charge is 0.123 e. The fourth-order valence-corrected chi connectivity index (χ4v) is 3.16. The Morgan fingerprint density at radius 2 is 1.30 bits per heavy atom. The molecule has 0 saturated carbocycles. The number of hydrogen-bond donors (Lipinski definition) is 0. The first kappa shape index (κ1) is 17.7. The van der Waals surface area contributed by atoms with E-state index in [1.54, 1.807) is 47.1 Å². The van der Waals surface area contributed by atoms with E-state index >= 15 is 0 Å². The van der Waals surface area contributed by atoms with Crippen LogP contribution < -0.4 is 0 Å². The third kappa shape index (κ3) is 3.59. The Morgan fingerprint density at radius 1 is 0.704 bits per heavy atom. The molecule has 134 valence electrons. The summed E-state index contributed by atoms with van der Waals surface area (Å²) in [6.45, 7) is 0. The van der Waals surface area contributed by atoms with Gasteiger partial charge in [0.25, 0.3) is 0 Å². The molecule has 2 nitrogen and oxygen atoms in total. The Balaban J connectivity index is 1.93. The average Bonchev–Trinajstić information content (AvgIpc) is 3.10. The van der Waals surface area contributed by atoms with Gasteiger partial charge in [-0.2, -0.15) is 5.10 Å². The molecule has 0 radical (unpaired) electrons. The van der Waals surface area contributed by atoms with Crippen LogP contribution in [0, 0.1) is 11.6 Å². The lowest BCUT2D eigenvalue weighted by atomic mass is 10.1. The minimum absolute atomic E-state index is 0.324. The molecule has 0 bridgehead atoms. The summed E-state index contributed by atoms with van der Waals surface area (Å²) in [5.41, 5.74) is 3.44. The molecule has 27 heavy (non-hydrogen) atoms. The maximum Gasteiger partial charge on any atom is 0.123 e. The second-order valence-corrected chi connectivity index (χ2v) is 6.78. The van der Waals surface area contributed by atoms with Crippen molar-refractivity contribution in [2.45, 2.75) is 0 Å². The lowest BCUT2D eigenvalue weighted by Crippen LogP contribution is -2.00. The Bertz CT molecular complexity index is 1100. The van der Waals surface area contributed by atoms with Crippen LogP contribution in [0.3, 0.4) is 0 Å². The van der Waals surface area contributed by atoms with E-state index in [0.717, 1.165) is 11.1 Å². The highest BCUT2D eigenvalue weighted by Gasteiger charge is 2.16. The zero-order chi connectivity index (χ0) is 19.0. The van der Waals surface area contributed by atoms with Crippen molar-refractivity contribution < 1.29 is 8.78 Å². The zero-order valence-electron chi connectivity index (χ0n) is 13.8. The quantitative estimate of drug-likeness (QED) is 0.370. The first-order valence-electron chi connectivity index (χ1n) is 8.08. The van der Waals surface area contributed by atoms with Crippen LogP contribution in [0.1, 0.15) is 0 Å². The van der Waals surface area contributed by atoms with Gasteiger partial charge < -0.3 is 0 Å². The number of hydrogen-bond acceptors (Lipinski definition) is 1. The highest BCUT2D eigenvalue weighted by molar-refractivity contribution is 6.34. The van der Waals surface area contributed by atoms with Gasteiger partial charge in [0.05, 0.1) is 22.1 Å². The van der Waals surface area contributed by atoms with Crippen LogP contribution in [0.4, 0.5) is 8.78 Å². The van der Waals surface area contributed by atoms with E-state index in [1.165, 1.54) is 24.3 Å². The molecule has 0 saturated heterocycles. The van der Waals surface area contributed by atoms with Crippen LogP contribution in [-0.4, -0.2) is 9.78 Å². The number of rotatable bonds is 3. The second kappa shape index (κ2) is 7.14. The minimum atomic E-state index is -0.329. The lowest BCUT2D eigenvalue weighted by molar-refractivity contribution is 0.627. The van der Waals surface area contributed by atoms with Gasteiger partial charge in [0.1, 0.15) is 11.6 Å². The van der Waals surface area contributed by atoms with Crippen molar-refractivity contribution in [1.29, 1.82) is 0 Å². The van der Waals surface area contributed by atoms with E-state index in [2.05, 4.69) is 5.10 Å². The molecule has 4 aromatic rings. The van der Waals surface area contributed by atoms with E-state index in [0.29, 0.717) is 27.1 Å². The maximum atomic E-state index is 13.4. The van der Waals surface area contributed by atoms with Crippen LogP contribution in [-0.2, 0) is 0 Å². The largest absolute Gasteiger partial charge is 0.231 e. The minimum Gasteiger partial charge on any atom is -0.231 e. The van der Waals surface area contributed by atoms with Crippen molar-refractivity contribution in [3.8, 4) is 28.2 Å². The summed E-state index contributed by atoms with van der Waals surface area (Å²) in [6, 6.07) is 19.1. The van der Waals surface area contributed by atoms with Gasteiger partial charge >= 0.3 is 0 Å². The van der Waals surface area contributed by atoms with Gasteiger partial charge in [-0.15, -0.1) is 0 Å². The molecule has 0 aliphatic rings. The Labute approximate surface area is 164 Å². The van der Waals surface area contributed by atoms with E-state index in [1.807, 2.05) is 6.07 Å². The van der Waals surface area contributed by atoms with Crippen molar-refractivity contribution in [3.05, 3.63) is 94.5 Å². The predicted octanol–water partition coefficient (Wildman–Crippen LogP) is 6.79. The van der Waals surface area contributed by atoms with Gasteiger partial charge in [-0.25, -0.2) is 13.5 Å². The van der Waals surface area contributed by atoms with E-state index in [-0.39, 0.29) is 11.6 Å². The molecule has 0 atom stereocenters. The van der Waals surface area contributed by atoms with Crippen LogP contribution in [0.5, 0.6) is 0 Å². The molecule has 0 amide bonds. The molecule has 3 aromatic carbocycles. The van der Waals surface area contributed by atoms with Crippen LogP contribution >= 0.6 is 23.2 Å². The van der Waals surface area contributed by atoms with Gasteiger partial charge in [0, 0.05) is 16.1 Å². The molecule has 0 N–H and O–H groups in total. The van der Waals surface area contributed by atoms with Gasteiger partial charge in [0.2, 0.25) is 0 Å². The Hall–Kier alpha value is -2.69. The van der Waals surface area contributed by atoms with Gasteiger partial charge in [-0.3, -0.25) is 0 Å². The fraction of sp³-hybridized carbons (Fsp3) is 0. The van der Waals surface area contributed by atoms with Crippen LogP contribution in [0.25, 0.3) is 28.2 Å². The predicted molar refractivity (Wildman–Crippen MR) is 104 cm³/mol. The second-order valence-electron chi connectivity index (χ2n) is 5.94. The SMILES string of the molecule is Fc1ccc(-c2cc(-c3ccc(F)cc3)n(-c3cc(Cl)ccc3Cl)n2)cc1. The first-order valence-corrected chi connectivity index (χ1v) is 8.84. The highest BCUT2D eigenvalue weighted by Crippen LogP contribution is 2.32. The number of nitrogens with zero attached hydrogens (tertiary/aromatic N) is 2. The average molecular weight is 401 g/mol. The van der Waals surface area contributed by atoms with Crippen LogP contribution in [0.15, 0.2) is 72.8 Å². The van der Waals surface area contributed by atoms with Gasteiger partial charge in [-0.1, -0.05) is 23.2 Å². The number of benzene rings is 3. The van der Waals surface area contributed by atoms with E-state index < -0.39 is 0 Å². The molecule has 6 heteroatoms. The zero-order valence-corrected chi connectivity index (χ0v) is 15.3. The highest BCUT2D eigenvalue weighted by atomic mass is 35.5. The van der Waals surface area contributed by atoms with Crippen molar-refractivity contribution in [2.75, 3.05) is 0 Å². The monoisotopic (exact) mass is 400 g/mol. The lowest BCUT2D eigenvalue weighted by Gasteiger charge is -2.10. The topological polar surface area (TPSA) is 17.8 Å². The van der Waals surface area contributed by atoms with Crippen molar-refractivity contribution in [2.24, 2.45) is 0 Å². The molecule has 0 aliphatic heterocycles. The van der Waals surface area contributed by atoms with Gasteiger partial charge in [0.15, 0.2) is 0 Å². The third-order valence-corrected chi connectivity index (χ3v) is 4.68. The number of halogens is 4. The van der Waals surface area contributed by atoms with E-state index in [9.17, 15) is 8.78 Å². The molecule has 0 fully saturated rings. The normalized spacial score (nSPS) is 11.0. The first-order chi connectivity index (χ1) is 13.0. The molecule has 0 spiro atoms.